The number of rotatable bonds is 3. The first kappa shape index (κ1) is 15.8. The van der Waals surface area contributed by atoms with Crippen LogP contribution in [0.2, 0.25) is 43.3 Å². The number of hydrogen-bond donors (Lipinski definition) is 0. The van der Waals surface area contributed by atoms with Gasteiger partial charge in [-0.3, -0.25) is 0 Å². The second-order valence-corrected chi connectivity index (χ2v) is 40.5. The third kappa shape index (κ3) is 0.341. The van der Waals surface area contributed by atoms with Crippen molar-refractivity contribution in [3.05, 3.63) is 59.7 Å². The summed E-state index contributed by atoms with van der Waals surface area (Å²) >= 11 is 0. The van der Waals surface area contributed by atoms with Gasteiger partial charge in [0.15, 0.2) is 0 Å². The third-order valence-electron chi connectivity index (χ3n) is 17.8. The molecule has 0 N–H and O–H groups in total. The van der Waals surface area contributed by atoms with Crippen LogP contribution >= 0.6 is 7.92 Å². The van der Waals surface area contributed by atoms with E-state index >= 15 is 0 Å². The van der Waals surface area contributed by atoms with E-state index in [4.69, 9.17) is 0 Å². The Morgan fingerprint density at radius 3 is 1.12 bits per heavy atom. The van der Waals surface area contributed by atoms with E-state index in [0.717, 1.165) is 54.0 Å². The average Bonchev–Trinajstić information content (AvgIpc) is 3.67. The van der Waals surface area contributed by atoms with Crippen LogP contribution in [0.15, 0.2) is 48.5 Å². The Morgan fingerprint density at radius 2 is 0.906 bits per heavy atom. The van der Waals surface area contributed by atoms with E-state index in [1.807, 2.05) is 0 Å². The van der Waals surface area contributed by atoms with E-state index in [9.17, 15) is 26.3 Å². The summed E-state index contributed by atoms with van der Waals surface area (Å²) in [4.78, 5) is 9.20. The number of hydrogen-bond acceptors (Lipinski definition) is 0. The molecular formula is C24H17F6FeP. The minimum atomic E-state index is -4.38. The van der Waals surface area contributed by atoms with Crippen molar-refractivity contribution in [2.75, 3.05) is 0 Å². The van der Waals surface area contributed by atoms with E-state index in [-0.39, 0.29) is 0 Å². The first-order valence-electron chi connectivity index (χ1n) is 11.2. The normalized spacial score (nSPS) is 70.0. The van der Waals surface area contributed by atoms with E-state index in [1.54, 1.807) is 24.3 Å². The van der Waals surface area contributed by atoms with Gasteiger partial charge in [0, 0.05) is 0 Å². The van der Waals surface area contributed by atoms with Crippen molar-refractivity contribution in [2.24, 2.45) is 0 Å². The van der Waals surface area contributed by atoms with Crippen LogP contribution in [-0.4, -0.2) is 4.05 Å². The van der Waals surface area contributed by atoms with Crippen LogP contribution in [0.1, 0.15) is 11.1 Å². The zero-order valence-corrected chi connectivity index (χ0v) is 18.4. The maximum absolute atomic E-state index is 13.2. The molecule has 2 aromatic rings. The molecule has 12 rings (SSSR count). The second kappa shape index (κ2) is 2.01. The molecule has 0 aromatic heterocycles. The Labute approximate surface area is 170 Å². The summed E-state index contributed by atoms with van der Waals surface area (Å²) in [5.41, 5.74) is -1.29. The Morgan fingerprint density at radius 1 is 0.562 bits per heavy atom. The molecule has 8 heteroatoms. The Balaban J connectivity index is 1.11. The monoisotopic (exact) mass is 506 g/mol. The molecule has 4 atom stereocenters. The molecule has 2 aromatic carbocycles. The van der Waals surface area contributed by atoms with E-state index < -0.39 is 37.9 Å². The van der Waals surface area contributed by atoms with Gasteiger partial charge in [-0.05, 0) is 0 Å². The van der Waals surface area contributed by atoms with Gasteiger partial charge in [-0.2, -0.15) is 0 Å². The van der Waals surface area contributed by atoms with Crippen LogP contribution in [0.25, 0.3) is 0 Å². The van der Waals surface area contributed by atoms with E-state index in [1.165, 1.54) is 24.3 Å². The van der Waals surface area contributed by atoms with Crippen LogP contribution in [0.4, 0.5) is 26.3 Å². The van der Waals surface area contributed by atoms with Crippen molar-refractivity contribution in [3.63, 3.8) is 0 Å². The zero-order valence-electron chi connectivity index (χ0n) is 16.4. The quantitative estimate of drug-likeness (QED) is 0.231. The summed E-state index contributed by atoms with van der Waals surface area (Å²) in [6.07, 6.45) is -8.76. The van der Waals surface area contributed by atoms with Gasteiger partial charge in [0.2, 0.25) is 0 Å². The van der Waals surface area contributed by atoms with Gasteiger partial charge in [-0.1, -0.05) is 0 Å². The summed E-state index contributed by atoms with van der Waals surface area (Å²) < 4.78 is 79.8. The Kier molecular flexibility index (Phi) is 0.990. The van der Waals surface area contributed by atoms with Crippen LogP contribution < -0.4 is 10.6 Å². The van der Waals surface area contributed by atoms with Gasteiger partial charge >= 0.3 is 171 Å². The molecule has 10 aliphatic heterocycles. The first-order valence-corrected chi connectivity index (χ1v) is 18.8. The van der Waals surface area contributed by atoms with Crippen LogP contribution in [0.3, 0.4) is 0 Å². The molecule has 4 unspecified atom stereocenters. The summed E-state index contributed by atoms with van der Waals surface area (Å²) in [5, 5.41) is 1.95. The number of alkyl halides is 6. The maximum atomic E-state index is 13.2. The summed E-state index contributed by atoms with van der Waals surface area (Å²) in [6.45, 7) is -3.64. The summed E-state index contributed by atoms with van der Waals surface area (Å²) in [5.74, 6) is 0. The average molecular weight is 506 g/mol. The fourth-order valence-corrected chi connectivity index (χ4v) is 107. The number of benzene rings is 2. The van der Waals surface area contributed by atoms with Crippen molar-refractivity contribution < 1.29 is 32.9 Å². The molecule has 10 saturated heterocycles. The molecule has 168 valence electrons. The summed E-state index contributed by atoms with van der Waals surface area (Å²) in [6, 6.07) is 11.4. The number of halogens is 6. The van der Waals surface area contributed by atoms with Gasteiger partial charge in [0.1, 0.15) is 0 Å². The minimum absolute atomic E-state index is 0.369. The Hall–Kier alpha value is -1.03. The number of fused-ring (bicyclic) bond motifs is 10. The molecule has 1 spiro atoms. The molecule has 10 aliphatic rings. The molecular weight excluding hydrogens is 489 g/mol. The topological polar surface area (TPSA) is 0 Å². The molecule has 10 fully saturated rings. The van der Waals surface area contributed by atoms with Crippen LogP contribution in [0.5, 0.6) is 0 Å². The third-order valence-corrected chi connectivity index (χ3v) is 67.2. The van der Waals surface area contributed by atoms with E-state index in [0.29, 0.717) is 4.05 Å². The standard InChI is InChI=1S/C19H12F6P.C5H5.Fe/c20-18(21,22)13-5-9-16(10-6-13)26(15-3-1-2-4-15)17-11-7-14(8-12-17)19(23,24)25;1-2-4-5-3-1;/h1-12H;1-5H;. The SMILES string of the molecule is FC(F)(F)c1ccc(P(c2ccc(C(F)(F)F)cc2)[C]23[CH]4[CH]5[CH]6[CH]2[Fe]56432789[CH]3[CH]2[CH]7[CH]8[CH]39)cc1. The van der Waals surface area contributed by atoms with Gasteiger partial charge in [-0.25, -0.2) is 0 Å². The van der Waals surface area contributed by atoms with Crippen LogP contribution in [0, 0.1) is 0 Å². The Bertz CT molecular complexity index is 1590. The second-order valence-electron chi connectivity index (χ2n) is 14.1. The molecule has 10 heterocycles. The van der Waals surface area contributed by atoms with Gasteiger partial charge in [-0.15, -0.1) is 0 Å². The van der Waals surface area contributed by atoms with Crippen LogP contribution in [-0.2, 0) is 18.9 Å². The van der Waals surface area contributed by atoms with Gasteiger partial charge in [0.25, 0.3) is 0 Å². The molecule has 0 saturated carbocycles. The molecule has 32 heavy (non-hydrogen) atoms. The van der Waals surface area contributed by atoms with Gasteiger partial charge < -0.3 is 0 Å². The van der Waals surface area contributed by atoms with Crippen molar-refractivity contribution in [2.45, 2.75) is 59.8 Å². The van der Waals surface area contributed by atoms with Crippen molar-refractivity contribution in [1.82, 2.24) is 0 Å². The molecule has 0 nitrogen and oxygen atoms in total. The van der Waals surface area contributed by atoms with Gasteiger partial charge in [0.05, 0.1) is 0 Å². The summed E-state index contributed by atoms with van der Waals surface area (Å²) in [7, 11) is -0.899. The molecule has 0 aliphatic carbocycles. The predicted octanol–water partition coefficient (Wildman–Crippen LogP) is 7.45. The first-order chi connectivity index (χ1) is 14.8. The van der Waals surface area contributed by atoms with Crippen molar-refractivity contribution >= 4 is 18.5 Å². The fraction of sp³-hybridized carbons (Fsp3) is 0.500. The molecule has 0 bridgehead atoms. The fourth-order valence-electron chi connectivity index (χ4n) is 18.8. The zero-order chi connectivity index (χ0) is 21.6. The predicted molar refractivity (Wildman–Crippen MR) is 106 cm³/mol. The van der Waals surface area contributed by atoms with Crippen molar-refractivity contribution in [3.8, 4) is 0 Å². The van der Waals surface area contributed by atoms with E-state index in [2.05, 4.69) is 0 Å². The molecule has 0 radical (unpaired) electrons. The molecule has 0 amide bonds. The van der Waals surface area contributed by atoms with Crippen molar-refractivity contribution in [1.29, 1.82) is 0 Å².